The third kappa shape index (κ3) is 2.11. The van der Waals surface area contributed by atoms with Crippen LogP contribution in [0.5, 0.6) is 0 Å². The van der Waals surface area contributed by atoms with E-state index >= 15 is 0 Å². The van der Waals surface area contributed by atoms with Gasteiger partial charge in [0.15, 0.2) is 0 Å². The van der Waals surface area contributed by atoms with Crippen molar-refractivity contribution in [1.82, 2.24) is 10.3 Å². The normalized spacial score (nSPS) is 19.7. The van der Waals surface area contributed by atoms with E-state index in [1.807, 2.05) is 12.1 Å². The van der Waals surface area contributed by atoms with E-state index in [4.69, 9.17) is 4.42 Å². The molecule has 1 aromatic carbocycles. The van der Waals surface area contributed by atoms with Crippen LogP contribution in [0.25, 0.3) is 11.5 Å². The lowest BCUT2D eigenvalue weighted by Crippen LogP contribution is -2.12. The first-order valence-corrected chi connectivity index (χ1v) is 6.09. The quantitative estimate of drug-likeness (QED) is 0.858. The van der Waals surface area contributed by atoms with Gasteiger partial charge in [0, 0.05) is 5.56 Å². The molecule has 2 heterocycles. The van der Waals surface area contributed by atoms with Crippen LogP contribution in [-0.2, 0) is 0 Å². The lowest BCUT2D eigenvalue weighted by atomic mass is 10.1. The van der Waals surface area contributed by atoms with E-state index in [1.165, 1.54) is 12.0 Å². The molecule has 1 aliphatic rings. The number of hydrogen-bond acceptors (Lipinski definition) is 3. The Kier molecular flexibility index (Phi) is 2.69. The zero-order valence-electron chi connectivity index (χ0n) is 9.94. The third-order valence-corrected chi connectivity index (χ3v) is 3.24. The van der Waals surface area contributed by atoms with E-state index in [0.717, 1.165) is 24.2 Å². The standard InChI is InChI=1S/C14H16N2O/c1-10-4-6-11(7-5-10)14-16-13(9-17-14)12-3-2-8-15-12/h4-7,9,12,15H,2-3,8H2,1H3. The maximum atomic E-state index is 5.55. The molecule has 1 saturated heterocycles. The van der Waals surface area contributed by atoms with Crippen molar-refractivity contribution in [2.45, 2.75) is 25.8 Å². The van der Waals surface area contributed by atoms with Crippen molar-refractivity contribution in [2.75, 3.05) is 6.54 Å². The Bertz CT molecular complexity index is 495. The van der Waals surface area contributed by atoms with Gasteiger partial charge in [-0.15, -0.1) is 0 Å². The molecule has 0 saturated carbocycles. The molecule has 0 bridgehead atoms. The Morgan fingerprint density at radius 2 is 2.12 bits per heavy atom. The summed E-state index contributed by atoms with van der Waals surface area (Å²) in [5, 5.41) is 3.42. The number of oxazole rings is 1. The Balaban J connectivity index is 1.86. The molecular formula is C14H16N2O. The van der Waals surface area contributed by atoms with Gasteiger partial charge in [-0.05, 0) is 38.4 Å². The second kappa shape index (κ2) is 4.34. The molecule has 3 heteroatoms. The minimum atomic E-state index is 0.373. The zero-order valence-corrected chi connectivity index (χ0v) is 9.94. The van der Waals surface area contributed by atoms with Gasteiger partial charge in [0.1, 0.15) is 6.26 Å². The molecule has 1 unspecified atom stereocenters. The molecule has 0 amide bonds. The summed E-state index contributed by atoms with van der Waals surface area (Å²) < 4.78 is 5.55. The van der Waals surface area contributed by atoms with Gasteiger partial charge in [0.25, 0.3) is 0 Å². The van der Waals surface area contributed by atoms with Crippen LogP contribution in [0.3, 0.4) is 0 Å². The van der Waals surface area contributed by atoms with Crippen molar-refractivity contribution in [3.63, 3.8) is 0 Å². The fraction of sp³-hybridized carbons (Fsp3) is 0.357. The van der Waals surface area contributed by atoms with E-state index in [9.17, 15) is 0 Å². The average molecular weight is 228 g/mol. The van der Waals surface area contributed by atoms with Gasteiger partial charge in [-0.25, -0.2) is 4.98 Å². The van der Waals surface area contributed by atoms with Crippen LogP contribution in [-0.4, -0.2) is 11.5 Å². The van der Waals surface area contributed by atoms with Gasteiger partial charge in [-0.1, -0.05) is 17.7 Å². The molecule has 0 aliphatic carbocycles. The Hall–Kier alpha value is -1.61. The highest BCUT2D eigenvalue weighted by molar-refractivity contribution is 5.53. The molecule has 17 heavy (non-hydrogen) atoms. The molecule has 1 aliphatic heterocycles. The van der Waals surface area contributed by atoms with Crippen molar-refractivity contribution < 1.29 is 4.42 Å². The summed E-state index contributed by atoms with van der Waals surface area (Å²) in [6, 6.07) is 8.62. The second-order valence-corrected chi connectivity index (χ2v) is 4.59. The van der Waals surface area contributed by atoms with Crippen LogP contribution >= 0.6 is 0 Å². The van der Waals surface area contributed by atoms with Crippen LogP contribution in [0.1, 0.15) is 30.1 Å². The predicted octanol–water partition coefficient (Wildman–Crippen LogP) is 3.07. The van der Waals surface area contributed by atoms with E-state index in [0.29, 0.717) is 11.9 Å². The van der Waals surface area contributed by atoms with Crippen LogP contribution in [0.2, 0.25) is 0 Å². The van der Waals surface area contributed by atoms with Crippen LogP contribution in [0, 0.1) is 6.92 Å². The molecule has 1 fully saturated rings. The maximum absolute atomic E-state index is 5.55. The van der Waals surface area contributed by atoms with E-state index < -0.39 is 0 Å². The number of benzene rings is 1. The number of hydrogen-bond donors (Lipinski definition) is 1. The summed E-state index contributed by atoms with van der Waals surface area (Å²) in [5.41, 5.74) is 3.32. The first-order valence-electron chi connectivity index (χ1n) is 6.09. The molecule has 3 rings (SSSR count). The highest BCUT2D eigenvalue weighted by Gasteiger charge is 2.20. The van der Waals surface area contributed by atoms with Gasteiger partial charge in [0.2, 0.25) is 5.89 Å². The van der Waals surface area contributed by atoms with Gasteiger partial charge < -0.3 is 9.73 Å². The topological polar surface area (TPSA) is 38.1 Å². The zero-order chi connectivity index (χ0) is 11.7. The smallest absolute Gasteiger partial charge is 0.226 e. The Morgan fingerprint density at radius 3 is 2.82 bits per heavy atom. The molecule has 1 aromatic heterocycles. The van der Waals surface area contributed by atoms with Crippen molar-refractivity contribution >= 4 is 0 Å². The first-order chi connectivity index (χ1) is 8.33. The number of nitrogens with one attached hydrogen (secondary N) is 1. The summed E-state index contributed by atoms with van der Waals surface area (Å²) in [5.74, 6) is 0.716. The minimum Gasteiger partial charge on any atom is -0.444 e. The Labute approximate surface area is 101 Å². The number of rotatable bonds is 2. The summed E-state index contributed by atoms with van der Waals surface area (Å²) in [6.45, 7) is 3.16. The van der Waals surface area contributed by atoms with Crippen molar-refractivity contribution in [3.8, 4) is 11.5 Å². The fourth-order valence-electron chi connectivity index (χ4n) is 2.21. The maximum Gasteiger partial charge on any atom is 0.226 e. The Morgan fingerprint density at radius 1 is 1.29 bits per heavy atom. The highest BCUT2D eigenvalue weighted by atomic mass is 16.3. The number of aromatic nitrogens is 1. The molecule has 88 valence electrons. The van der Waals surface area contributed by atoms with E-state index in [1.54, 1.807) is 6.26 Å². The molecule has 0 radical (unpaired) electrons. The summed E-state index contributed by atoms with van der Waals surface area (Å²) in [4.78, 5) is 4.56. The predicted molar refractivity (Wildman–Crippen MR) is 66.7 cm³/mol. The minimum absolute atomic E-state index is 0.373. The largest absolute Gasteiger partial charge is 0.444 e. The first kappa shape index (κ1) is 10.5. The van der Waals surface area contributed by atoms with Crippen molar-refractivity contribution in [3.05, 3.63) is 41.8 Å². The van der Waals surface area contributed by atoms with Crippen LogP contribution < -0.4 is 5.32 Å². The molecule has 3 nitrogen and oxygen atoms in total. The van der Waals surface area contributed by atoms with Crippen molar-refractivity contribution in [1.29, 1.82) is 0 Å². The monoisotopic (exact) mass is 228 g/mol. The summed E-state index contributed by atoms with van der Waals surface area (Å²) in [7, 11) is 0. The van der Waals surface area contributed by atoms with Gasteiger partial charge >= 0.3 is 0 Å². The average Bonchev–Trinajstić information content (AvgIpc) is 3.00. The number of nitrogens with zero attached hydrogens (tertiary/aromatic N) is 1. The SMILES string of the molecule is Cc1ccc(-c2nc(C3CCCN3)co2)cc1. The molecular weight excluding hydrogens is 212 g/mol. The lowest BCUT2D eigenvalue weighted by molar-refractivity contribution is 0.563. The highest BCUT2D eigenvalue weighted by Crippen LogP contribution is 2.26. The number of aryl methyl sites for hydroxylation is 1. The summed E-state index contributed by atoms with van der Waals surface area (Å²) in [6.07, 6.45) is 4.15. The molecule has 1 N–H and O–H groups in total. The van der Waals surface area contributed by atoms with Gasteiger partial charge in [-0.3, -0.25) is 0 Å². The molecule has 2 aromatic rings. The van der Waals surface area contributed by atoms with Crippen molar-refractivity contribution in [2.24, 2.45) is 0 Å². The second-order valence-electron chi connectivity index (χ2n) is 4.59. The van der Waals surface area contributed by atoms with Gasteiger partial charge in [0.05, 0.1) is 11.7 Å². The summed E-state index contributed by atoms with van der Waals surface area (Å²) >= 11 is 0. The van der Waals surface area contributed by atoms with E-state index in [2.05, 4.69) is 29.4 Å². The fourth-order valence-corrected chi connectivity index (χ4v) is 2.21. The molecule has 1 atom stereocenters. The van der Waals surface area contributed by atoms with E-state index in [-0.39, 0.29) is 0 Å². The van der Waals surface area contributed by atoms with Crippen LogP contribution in [0.4, 0.5) is 0 Å². The van der Waals surface area contributed by atoms with Gasteiger partial charge in [-0.2, -0.15) is 0 Å². The van der Waals surface area contributed by atoms with Crippen LogP contribution in [0.15, 0.2) is 34.9 Å². The third-order valence-electron chi connectivity index (χ3n) is 3.24. The lowest BCUT2D eigenvalue weighted by Gasteiger charge is -2.03. The molecule has 0 spiro atoms.